The van der Waals surface area contributed by atoms with Gasteiger partial charge in [-0.2, -0.15) is 0 Å². The second kappa shape index (κ2) is 6.25. The number of piperidine rings is 1. The minimum atomic E-state index is 0.348. The van der Waals surface area contributed by atoms with Crippen LogP contribution in [0.4, 0.5) is 0 Å². The standard InChI is InChI=1S/C18H23NO/c20-18(8-4-7-15-5-2-1-3-6-15)19-13-11-17(12-14-19)16-9-10-16/h1-3,5-6H,4,7-14H2. The van der Waals surface area contributed by atoms with Crippen LogP contribution in [-0.2, 0) is 11.2 Å². The van der Waals surface area contributed by atoms with E-state index in [-0.39, 0.29) is 0 Å². The van der Waals surface area contributed by atoms with E-state index in [1.165, 1.54) is 18.4 Å². The summed E-state index contributed by atoms with van der Waals surface area (Å²) in [7, 11) is 0. The molecule has 1 aliphatic carbocycles. The maximum Gasteiger partial charge on any atom is 0.222 e. The maximum atomic E-state index is 12.2. The number of benzene rings is 1. The monoisotopic (exact) mass is 269 g/mol. The summed E-state index contributed by atoms with van der Waals surface area (Å²) in [6.45, 7) is 1.89. The van der Waals surface area contributed by atoms with Crippen LogP contribution in [0.5, 0.6) is 0 Å². The number of nitrogens with zero attached hydrogens (tertiary/aromatic N) is 1. The lowest BCUT2D eigenvalue weighted by atomic mass is 10.0. The molecule has 0 bridgehead atoms. The van der Waals surface area contributed by atoms with Gasteiger partial charge in [0.15, 0.2) is 0 Å². The highest BCUT2D eigenvalue weighted by Crippen LogP contribution is 2.36. The van der Waals surface area contributed by atoms with Crippen molar-refractivity contribution in [2.75, 3.05) is 13.1 Å². The van der Waals surface area contributed by atoms with E-state index in [9.17, 15) is 4.79 Å². The quantitative estimate of drug-likeness (QED) is 0.763. The summed E-state index contributed by atoms with van der Waals surface area (Å²) in [5.41, 5.74) is 4.67. The van der Waals surface area contributed by atoms with E-state index < -0.39 is 0 Å². The number of carbonyl (C=O) groups is 1. The maximum absolute atomic E-state index is 12.2. The molecule has 1 amide bonds. The molecule has 20 heavy (non-hydrogen) atoms. The van der Waals surface area contributed by atoms with Crippen molar-refractivity contribution >= 4 is 5.91 Å². The van der Waals surface area contributed by atoms with Crippen LogP contribution in [0.2, 0.25) is 0 Å². The molecule has 106 valence electrons. The average Bonchev–Trinajstić information content (AvgIpc) is 3.33. The third-order valence-electron chi connectivity index (χ3n) is 4.42. The van der Waals surface area contributed by atoms with E-state index in [2.05, 4.69) is 29.2 Å². The molecule has 1 aliphatic heterocycles. The Morgan fingerprint density at radius 3 is 2.25 bits per heavy atom. The van der Waals surface area contributed by atoms with Crippen molar-refractivity contribution < 1.29 is 4.79 Å². The summed E-state index contributed by atoms with van der Waals surface area (Å²) in [6, 6.07) is 10.4. The Balaban J connectivity index is 1.40. The van der Waals surface area contributed by atoms with Crippen LogP contribution in [0.15, 0.2) is 41.5 Å². The molecular weight excluding hydrogens is 246 g/mol. The number of aryl methyl sites for hydroxylation is 1. The van der Waals surface area contributed by atoms with Crippen LogP contribution in [-0.4, -0.2) is 23.9 Å². The van der Waals surface area contributed by atoms with Crippen molar-refractivity contribution in [3.63, 3.8) is 0 Å². The third-order valence-corrected chi connectivity index (χ3v) is 4.42. The molecule has 0 radical (unpaired) electrons. The second-order valence-electron chi connectivity index (χ2n) is 5.93. The summed E-state index contributed by atoms with van der Waals surface area (Å²) >= 11 is 0. The molecule has 0 unspecified atom stereocenters. The van der Waals surface area contributed by atoms with Gasteiger partial charge in [-0.1, -0.05) is 41.5 Å². The van der Waals surface area contributed by atoms with Gasteiger partial charge >= 0.3 is 0 Å². The number of hydrogen-bond acceptors (Lipinski definition) is 1. The number of carbonyl (C=O) groups excluding carboxylic acids is 1. The van der Waals surface area contributed by atoms with Crippen LogP contribution in [0.25, 0.3) is 0 Å². The summed E-state index contributed by atoms with van der Waals surface area (Å²) in [5, 5.41) is 0. The largest absolute Gasteiger partial charge is 0.342 e. The van der Waals surface area contributed by atoms with Gasteiger partial charge in [0.1, 0.15) is 0 Å². The molecule has 3 rings (SSSR count). The van der Waals surface area contributed by atoms with Gasteiger partial charge < -0.3 is 4.90 Å². The third kappa shape index (κ3) is 3.50. The summed E-state index contributed by atoms with van der Waals surface area (Å²) < 4.78 is 0. The Labute approximate surface area is 121 Å². The first-order valence-corrected chi connectivity index (χ1v) is 7.84. The highest BCUT2D eigenvalue weighted by Gasteiger charge is 2.23. The fourth-order valence-corrected chi connectivity index (χ4v) is 3.04. The smallest absolute Gasteiger partial charge is 0.222 e. The molecule has 2 nitrogen and oxygen atoms in total. The van der Waals surface area contributed by atoms with E-state index in [4.69, 9.17) is 0 Å². The Hall–Kier alpha value is -1.57. The van der Waals surface area contributed by atoms with Gasteiger partial charge in [0.05, 0.1) is 0 Å². The Morgan fingerprint density at radius 2 is 1.60 bits per heavy atom. The van der Waals surface area contributed by atoms with E-state index in [0.29, 0.717) is 12.3 Å². The first-order chi connectivity index (χ1) is 9.83. The minimum absolute atomic E-state index is 0.348. The molecule has 2 heteroatoms. The lowest BCUT2D eigenvalue weighted by Crippen LogP contribution is -2.36. The van der Waals surface area contributed by atoms with Gasteiger partial charge in [0.25, 0.3) is 0 Å². The van der Waals surface area contributed by atoms with E-state index >= 15 is 0 Å². The molecular formula is C18H23NO. The number of rotatable bonds is 4. The average molecular weight is 269 g/mol. The first-order valence-electron chi connectivity index (χ1n) is 7.84. The van der Waals surface area contributed by atoms with Crippen molar-refractivity contribution in [3.8, 4) is 0 Å². The molecule has 1 aromatic rings. The van der Waals surface area contributed by atoms with Crippen LogP contribution in [0.1, 0.15) is 44.1 Å². The Kier molecular flexibility index (Phi) is 4.19. The van der Waals surface area contributed by atoms with Crippen LogP contribution >= 0.6 is 0 Å². The van der Waals surface area contributed by atoms with Gasteiger partial charge in [-0.25, -0.2) is 0 Å². The van der Waals surface area contributed by atoms with Crippen molar-refractivity contribution in [2.45, 2.75) is 44.9 Å². The number of amides is 1. The first kappa shape index (κ1) is 13.4. The molecule has 2 aliphatic rings. The fraction of sp³-hybridized carbons (Fsp3) is 0.500. The van der Waals surface area contributed by atoms with Crippen molar-refractivity contribution in [1.29, 1.82) is 0 Å². The molecule has 0 spiro atoms. The number of hydrogen-bond donors (Lipinski definition) is 0. The molecule has 1 heterocycles. The van der Waals surface area contributed by atoms with Crippen molar-refractivity contribution in [2.24, 2.45) is 0 Å². The van der Waals surface area contributed by atoms with Crippen LogP contribution < -0.4 is 0 Å². The van der Waals surface area contributed by atoms with Crippen molar-refractivity contribution in [1.82, 2.24) is 4.90 Å². The molecule has 0 N–H and O–H groups in total. The lowest BCUT2D eigenvalue weighted by Gasteiger charge is -2.28. The van der Waals surface area contributed by atoms with Gasteiger partial charge in [-0.15, -0.1) is 0 Å². The predicted octanol–water partition coefficient (Wildman–Crippen LogP) is 3.72. The number of allylic oxidation sites excluding steroid dienone is 1. The zero-order valence-corrected chi connectivity index (χ0v) is 12.1. The van der Waals surface area contributed by atoms with E-state index in [1.54, 1.807) is 11.1 Å². The molecule has 2 fully saturated rings. The SMILES string of the molecule is O=C(CCCc1ccccc1)N1CCC(=C2CC2)CC1. The number of likely N-dealkylation sites (tertiary alicyclic amines) is 1. The zero-order valence-electron chi connectivity index (χ0n) is 12.1. The highest BCUT2D eigenvalue weighted by molar-refractivity contribution is 5.76. The van der Waals surface area contributed by atoms with Crippen molar-refractivity contribution in [3.05, 3.63) is 47.0 Å². The van der Waals surface area contributed by atoms with E-state index in [0.717, 1.165) is 38.8 Å². The van der Waals surface area contributed by atoms with Gasteiger partial charge in [0.2, 0.25) is 5.91 Å². The fourth-order valence-electron chi connectivity index (χ4n) is 3.04. The molecule has 0 atom stereocenters. The topological polar surface area (TPSA) is 20.3 Å². The Morgan fingerprint density at radius 1 is 0.950 bits per heavy atom. The lowest BCUT2D eigenvalue weighted by molar-refractivity contribution is -0.131. The summed E-state index contributed by atoms with van der Waals surface area (Å²) in [4.78, 5) is 14.3. The normalized spacial score (nSPS) is 18.3. The molecule has 1 saturated heterocycles. The van der Waals surface area contributed by atoms with Gasteiger partial charge in [0, 0.05) is 19.5 Å². The molecule has 1 saturated carbocycles. The van der Waals surface area contributed by atoms with Crippen LogP contribution in [0, 0.1) is 0 Å². The second-order valence-corrected chi connectivity index (χ2v) is 5.93. The van der Waals surface area contributed by atoms with Gasteiger partial charge in [-0.05, 0) is 44.1 Å². The minimum Gasteiger partial charge on any atom is -0.342 e. The van der Waals surface area contributed by atoms with Crippen LogP contribution in [0.3, 0.4) is 0 Å². The van der Waals surface area contributed by atoms with Gasteiger partial charge in [-0.3, -0.25) is 4.79 Å². The highest BCUT2D eigenvalue weighted by atomic mass is 16.2. The Bertz CT molecular complexity index is 487. The van der Waals surface area contributed by atoms with E-state index in [1.807, 2.05) is 6.07 Å². The molecule has 1 aromatic carbocycles. The predicted molar refractivity (Wildman–Crippen MR) is 81.5 cm³/mol. The summed E-state index contributed by atoms with van der Waals surface area (Å²) in [5.74, 6) is 0.348. The molecule has 0 aromatic heterocycles. The summed E-state index contributed by atoms with van der Waals surface area (Å²) in [6.07, 6.45) is 7.56. The zero-order chi connectivity index (χ0) is 13.8.